The number of imide groups is 2. The summed E-state index contributed by atoms with van der Waals surface area (Å²) in [5.41, 5.74) is 2.82. The van der Waals surface area contributed by atoms with Gasteiger partial charge in [-0.05, 0) is 60.9 Å². The van der Waals surface area contributed by atoms with Crippen LogP contribution in [0, 0.1) is 13.8 Å². The average Bonchev–Trinajstić information content (AvgIpc) is 2.51. The molecule has 0 spiro atoms. The lowest BCUT2D eigenvalue weighted by Crippen LogP contribution is -2.54. The van der Waals surface area contributed by atoms with E-state index in [1.54, 1.807) is 36.7 Å². The molecular formula is C18H15N3O3. The van der Waals surface area contributed by atoms with Crippen LogP contribution in [0.15, 0.2) is 48.3 Å². The van der Waals surface area contributed by atoms with Gasteiger partial charge in [-0.1, -0.05) is 6.07 Å². The van der Waals surface area contributed by atoms with E-state index in [1.165, 1.54) is 6.08 Å². The summed E-state index contributed by atoms with van der Waals surface area (Å²) in [6.07, 6.45) is 4.57. The number of aromatic nitrogens is 1. The Morgan fingerprint density at radius 2 is 1.62 bits per heavy atom. The summed E-state index contributed by atoms with van der Waals surface area (Å²) in [4.78, 5) is 41.8. The molecule has 24 heavy (non-hydrogen) atoms. The standard InChI is InChI=1S/C18H15N3O3/c1-11-7-12(2)9-14(8-11)21-17(23)15(16(22)20-18(21)24)10-13-3-5-19-6-4-13/h3-10H,1-2H3,(H,20,22,24). The van der Waals surface area contributed by atoms with E-state index in [9.17, 15) is 14.4 Å². The largest absolute Gasteiger partial charge is 0.335 e. The first kappa shape index (κ1) is 15.6. The Labute approximate surface area is 138 Å². The Balaban J connectivity index is 2.05. The number of rotatable bonds is 2. The Morgan fingerprint density at radius 3 is 2.25 bits per heavy atom. The summed E-state index contributed by atoms with van der Waals surface area (Å²) in [5.74, 6) is -1.35. The highest BCUT2D eigenvalue weighted by atomic mass is 16.2. The molecule has 120 valence electrons. The van der Waals surface area contributed by atoms with Gasteiger partial charge in [0.05, 0.1) is 5.69 Å². The minimum atomic E-state index is -0.748. The zero-order chi connectivity index (χ0) is 17.3. The van der Waals surface area contributed by atoms with Gasteiger partial charge in [-0.25, -0.2) is 9.69 Å². The van der Waals surface area contributed by atoms with Crippen LogP contribution < -0.4 is 10.2 Å². The molecule has 1 aliphatic rings. The Kier molecular flexibility index (Phi) is 3.95. The molecule has 1 aromatic heterocycles. The molecule has 1 fully saturated rings. The van der Waals surface area contributed by atoms with E-state index in [0.29, 0.717) is 11.3 Å². The summed E-state index contributed by atoms with van der Waals surface area (Å²) in [5, 5.41) is 2.21. The molecule has 0 unspecified atom stereocenters. The van der Waals surface area contributed by atoms with Crippen molar-refractivity contribution in [1.82, 2.24) is 10.3 Å². The minimum absolute atomic E-state index is 0.0973. The van der Waals surface area contributed by atoms with Gasteiger partial charge in [0.1, 0.15) is 5.57 Å². The Morgan fingerprint density at radius 1 is 1.00 bits per heavy atom. The molecule has 1 saturated heterocycles. The molecule has 0 saturated carbocycles. The minimum Gasteiger partial charge on any atom is -0.273 e. The van der Waals surface area contributed by atoms with E-state index in [1.807, 2.05) is 19.9 Å². The van der Waals surface area contributed by atoms with Crippen molar-refractivity contribution in [2.75, 3.05) is 4.90 Å². The molecule has 2 aromatic rings. The number of amides is 4. The molecule has 6 nitrogen and oxygen atoms in total. The van der Waals surface area contributed by atoms with Crippen LogP contribution in [-0.4, -0.2) is 22.8 Å². The molecule has 6 heteroatoms. The fourth-order valence-electron chi connectivity index (χ4n) is 2.60. The Hall–Kier alpha value is -3.28. The number of nitrogens with one attached hydrogen (secondary N) is 1. The molecule has 0 aliphatic carbocycles. The molecule has 2 heterocycles. The second kappa shape index (κ2) is 6.08. The summed E-state index contributed by atoms with van der Waals surface area (Å²) in [6, 6.07) is 7.99. The van der Waals surface area contributed by atoms with Gasteiger partial charge < -0.3 is 0 Å². The van der Waals surface area contributed by atoms with Crippen LogP contribution in [0.5, 0.6) is 0 Å². The molecule has 1 aliphatic heterocycles. The summed E-state index contributed by atoms with van der Waals surface area (Å²) in [6.45, 7) is 3.75. The van der Waals surface area contributed by atoms with Crippen LogP contribution in [0.1, 0.15) is 16.7 Å². The molecule has 1 aromatic carbocycles. The molecule has 0 radical (unpaired) electrons. The maximum absolute atomic E-state index is 12.7. The lowest BCUT2D eigenvalue weighted by atomic mass is 10.1. The number of anilines is 1. The van der Waals surface area contributed by atoms with E-state index >= 15 is 0 Å². The average molecular weight is 321 g/mol. The van der Waals surface area contributed by atoms with Gasteiger partial charge in [0.25, 0.3) is 11.8 Å². The van der Waals surface area contributed by atoms with Crippen LogP contribution in [0.3, 0.4) is 0 Å². The number of benzene rings is 1. The SMILES string of the molecule is Cc1cc(C)cc(N2C(=O)NC(=O)C(=Cc3ccncc3)C2=O)c1. The summed E-state index contributed by atoms with van der Waals surface area (Å²) >= 11 is 0. The summed E-state index contributed by atoms with van der Waals surface area (Å²) < 4.78 is 0. The van der Waals surface area contributed by atoms with Crippen LogP contribution in [0.4, 0.5) is 10.5 Å². The van der Waals surface area contributed by atoms with Gasteiger partial charge >= 0.3 is 6.03 Å². The molecule has 3 rings (SSSR count). The van der Waals surface area contributed by atoms with Crippen LogP contribution >= 0.6 is 0 Å². The third-order valence-corrected chi connectivity index (χ3v) is 3.58. The molecule has 0 bridgehead atoms. The van der Waals surface area contributed by atoms with E-state index < -0.39 is 17.8 Å². The smallest absolute Gasteiger partial charge is 0.273 e. The van der Waals surface area contributed by atoms with Crippen molar-refractivity contribution in [3.8, 4) is 0 Å². The lowest BCUT2D eigenvalue weighted by molar-refractivity contribution is -0.122. The van der Waals surface area contributed by atoms with E-state index in [4.69, 9.17) is 0 Å². The fraction of sp³-hybridized carbons (Fsp3) is 0.111. The van der Waals surface area contributed by atoms with Crippen LogP contribution in [0.2, 0.25) is 0 Å². The highest BCUT2D eigenvalue weighted by Gasteiger charge is 2.36. The van der Waals surface area contributed by atoms with Gasteiger partial charge in [-0.15, -0.1) is 0 Å². The second-order valence-electron chi connectivity index (χ2n) is 5.58. The zero-order valence-electron chi connectivity index (χ0n) is 13.2. The quantitative estimate of drug-likeness (QED) is 0.680. The Bertz CT molecular complexity index is 852. The molecule has 4 amide bonds. The second-order valence-corrected chi connectivity index (χ2v) is 5.58. The monoisotopic (exact) mass is 321 g/mol. The number of aryl methyl sites for hydroxylation is 2. The van der Waals surface area contributed by atoms with Crippen molar-refractivity contribution < 1.29 is 14.4 Å². The molecule has 1 N–H and O–H groups in total. The number of pyridine rings is 1. The number of barbiturate groups is 1. The van der Waals surface area contributed by atoms with Crippen molar-refractivity contribution in [2.24, 2.45) is 0 Å². The number of nitrogens with zero attached hydrogens (tertiary/aromatic N) is 2. The predicted molar refractivity (Wildman–Crippen MR) is 89.2 cm³/mol. The number of urea groups is 1. The number of carbonyl (C=O) groups is 3. The number of hydrogen-bond donors (Lipinski definition) is 1. The third-order valence-electron chi connectivity index (χ3n) is 3.58. The first-order valence-corrected chi connectivity index (χ1v) is 7.35. The van der Waals surface area contributed by atoms with Gasteiger partial charge in [-0.2, -0.15) is 0 Å². The van der Waals surface area contributed by atoms with Crippen molar-refractivity contribution in [3.63, 3.8) is 0 Å². The maximum Gasteiger partial charge on any atom is 0.335 e. The van der Waals surface area contributed by atoms with Gasteiger partial charge in [-0.3, -0.25) is 19.9 Å². The maximum atomic E-state index is 12.7. The lowest BCUT2D eigenvalue weighted by Gasteiger charge is -2.27. The molecular weight excluding hydrogens is 306 g/mol. The third kappa shape index (κ3) is 2.94. The normalized spacial score (nSPS) is 16.5. The fourth-order valence-corrected chi connectivity index (χ4v) is 2.60. The summed E-state index contributed by atoms with van der Waals surface area (Å²) in [7, 11) is 0. The van der Waals surface area contributed by atoms with Crippen molar-refractivity contribution in [3.05, 3.63) is 65.0 Å². The first-order chi connectivity index (χ1) is 11.5. The van der Waals surface area contributed by atoms with Crippen molar-refractivity contribution in [1.29, 1.82) is 0 Å². The van der Waals surface area contributed by atoms with Crippen molar-refractivity contribution >= 4 is 29.6 Å². The highest BCUT2D eigenvalue weighted by molar-refractivity contribution is 6.39. The first-order valence-electron chi connectivity index (χ1n) is 7.35. The van der Waals surface area contributed by atoms with Gasteiger partial charge in [0.15, 0.2) is 0 Å². The number of hydrogen-bond acceptors (Lipinski definition) is 4. The van der Waals surface area contributed by atoms with Crippen LogP contribution in [-0.2, 0) is 9.59 Å². The van der Waals surface area contributed by atoms with Crippen molar-refractivity contribution in [2.45, 2.75) is 13.8 Å². The highest BCUT2D eigenvalue weighted by Crippen LogP contribution is 2.24. The predicted octanol–water partition coefficient (Wildman–Crippen LogP) is 2.36. The van der Waals surface area contributed by atoms with Gasteiger partial charge in [0, 0.05) is 12.4 Å². The molecule has 0 atom stereocenters. The van der Waals surface area contributed by atoms with E-state index in [2.05, 4.69) is 10.3 Å². The number of carbonyl (C=O) groups excluding carboxylic acids is 3. The van der Waals surface area contributed by atoms with Gasteiger partial charge in [0.2, 0.25) is 0 Å². The topological polar surface area (TPSA) is 79.4 Å². The van der Waals surface area contributed by atoms with E-state index in [-0.39, 0.29) is 5.57 Å². The van der Waals surface area contributed by atoms with Crippen LogP contribution in [0.25, 0.3) is 6.08 Å². The zero-order valence-corrected chi connectivity index (χ0v) is 13.2. The van der Waals surface area contributed by atoms with E-state index in [0.717, 1.165) is 16.0 Å².